The molecule has 0 fully saturated rings. The fourth-order valence-corrected chi connectivity index (χ4v) is 1.90. The number of nitrogens with one attached hydrogen (secondary N) is 1. The summed E-state index contributed by atoms with van der Waals surface area (Å²) in [6.45, 7) is 6.76. The molecule has 0 unspecified atom stereocenters. The molecule has 2 rings (SSSR count). The summed E-state index contributed by atoms with van der Waals surface area (Å²) in [6, 6.07) is 0. The van der Waals surface area contributed by atoms with Crippen molar-refractivity contribution in [2.24, 2.45) is 0 Å². The molecule has 0 saturated heterocycles. The summed E-state index contributed by atoms with van der Waals surface area (Å²) < 4.78 is 1.90. The third-order valence-corrected chi connectivity index (χ3v) is 2.85. The Balaban J connectivity index is 2.22. The molecule has 1 N–H and O–H groups in total. The van der Waals surface area contributed by atoms with Gasteiger partial charge in [-0.3, -0.25) is 14.5 Å². The lowest BCUT2D eigenvalue weighted by molar-refractivity contribution is 0.102. The Morgan fingerprint density at radius 1 is 1.37 bits per heavy atom. The molecule has 0 aliphatic rings. The molecule has 6 heteroatoms. The van der Waals surface area contributed by atoms with Gasteiger partial charge in [0.1, 0.15) is 5.69 Å². The quantitative estimate of drug-likeness (QED) is 0.910. The van der Waals surface area contributed by atoms with E-state index < -0.39 is 0 Å². The van der Waals surface area contributed by atoms with Crippen LogP contribution in [-0.4, -0.2) is 25.7 Å². The van der Waals surface area contributed by atoms with Crippen LogP contribution in [0.3, 0.4) is 0 Å². The van der Waals surface area contributed by atoms with Crippen LogP contribution in [0.2, 0.25) is 0 Å². The minimum Gasteiger partial charge on any atom is -0.317 e. The molecule has 0 atom stereocenters. The van der Waals surface area contributed by atoms with Gasteiger partial charge in [0.05, 0.1) is 23.3 Å². The van der Waals surface area contributed by atoms with E-state index in [1.54, 1.807) is 0 Å². The van der Waals surface area contributed by atoms with Gasteiger partial charge < -0.3 is 5.32 Å². The number of aryl methyl sites for hydroxylation is 2. The Morgan fingerprint density at radius 3 is 2.79 bits per heavy atom. The van der Waals surface area contributed by atoms with E-state index in [9.17, 15) is 4.79 Å². The molecule has 0 aliphatic heterocycles. The first-order chi connectivity index (χ1) is 9.13. The number of rotatable bonds is 4. The molecular formula is C13H17N5O. The molecule has 2 heterocycles. The largest absolute Gasteiger partial charge is 0.317 e. The van der Waals surface area contributed by atoms with E-state index in [1.807, 2.05) is 18.5 Å². The van der Waals surface area contributed by atoms with Crippen LogP contribution in [0, 0.1) is 13.8 Å². The fraction of sp³-hybridized carbons (Fsp3) is 0.385. The van der Waals surface area contributed by atoms with Crippen molar-refractivity contribution in [3.05, 3.63) is 35.7 Å². The van der Waals surface area contributed by atoms with Crippen LogP contribution >= 0.6 is 0 Å². The predicted molar refractivity (Wildman–Crippen MR) is 72.0 cm³/mol. The van der Waals surface area contributed by atoms with Crippen molar-refractivity contribution in [1.29, 1.82) is 0 Å². The van der Waals surface area contributed by atoms with Crippen LogP contribution in [0.1, 0.15) is 35.2 Å². The molecule has 19 heavy (non-hydrogen) atoms. The van der Waals surface area contributed by atoms with Crippen LogP contribution in [0.15, 0.2) is 18.6 Å². The van der Waals surface area contributed by atoms with Crippen LogP contribution in [0.4, 0.5) is 5.69 Å². The van der Waals surface area contributed by atoms with Crippen LogP contribution in [0.25, 0.3) is 0 Å². The normalized spacial score (nSPS) is 10.5. The van der Waals surface area contributed by atoms with Gasteiger partial charge in [-0.2, -0.15) is 5.10 Å². The van der Waals surface area contributed by atoms with Crippen molar-refractivity contribution < 1.29 is 4.79 Å². The second kappa shape index (κ2) is 5.60. The van der Waals surface area contributed by atoms with Gasteiger partial charge in [-0.1, -0.05) is 6.92 Å². The summed E-state index contributed by atoms with van der Waals surface area (Å²) in [5, 5.41) is 7.26. The van der Waals surface area contributed by atoms with Crippen LogP contribution < -0.4 is 5.32 Å². The van der Waals surface area contributed by atoms with E-state index >= 15 is 0 Å². The van der Waals surface area contributed by atoms with Crippen LogP contribution in [-0.2, 0) is 6.54 Å². The summed E-state index contributed by atoms with van der Waals surface area (Å²) >= 11 is 0. The highest BCUT2D eigenvalue weighted by molar-refractivity contribution is 6.03. The van der Waals surface area contributed by atoms with Crippen molar-refractivity contribution in [3.8, 4) is 0 Å². The zero-order valence-corrected chi connectivity index (χ0v) is 11.3. The predicted octanol–water partition coefficient (Wildman–Crippen LogP) is 1.95. The maximum Gasteiger partial charge on any atom is 0.275 e. The lowest BCUT2D eigenvalue weighted by Crippen LogP contribution is -2.15. The fourth-order valence-electron chi connectivity index (χ4n) is 1.90. The van der Waals surface area contributed by atoms with Gasteiger partial charge in [-0.05, 0) is 20.3 Å². The Morgan fingerprint density at radius 2 is 2.16 bits per heavy atom. The lowest BCUT2D eigenvalue weighted by Gasteiger charge is -2.05. The van der Waals surface area contributed by atoms with E-state index in [2.05, 4.69) is 27.3 Å². The number of anilines is 1. The number of amides is 1. The molecule has 6 nitrogen and oxygen atoms in total. The molecule has 100 valence electrons. The number of hydrogen-bond acceptors (Lipinski definition) is 4. The van der Waals surface area contributed by atoms with E-state index in [4.69, 9.17) is 0 Å². The molecule has 0 aliphatic carbocycles. The average Bonchev–Trinajstić information content (AvgIpc) is 2.68. The van der Waals surface area contributed by atoms with Gasteiger partial charge in [0.25, 0.3) is 5.91 Å². The summed E-state index contributed by atoms with van der Waals surface area (Å²) in [5.41, 5.74) is 2.81. The van der Waals surface area contributed by atoms with E-state index in [0.29, 0.717) is 5.69 Å². The topological polar surface area (TPSA) is 72.7 Å². The third-order valence-electron chi connectivity index (χ3n) is 2.85. The molecule has 2 aromatic rings. The molecule has 1 amide bonds. The highest BCUT2D eigenvalue weighted by Gasteiger charge is 2.15. The van der Waals surface area contributed by atoms with Crippen molar-refractivity contribution in [1.82, 2.24) is 19.7 Å². The first-order valence-electron chi connectivity index (χ1n) is 6.24. The zero-order chi connectivity index (χ0) is 13.8. The van der Waals surface area contributed by atoms with Gasteiger partial charge in [-0.15, -0.1) is 0 Å². The molecule has 0 saturated carbocycles. The maximum absolute atomic E-state index is 12.0. The van der Waals surface area contributed by atoms with E-state index in [0.717, 1.165) is 30.0 Å². The number of aromatic nitrogens is 4. The summed E-state index contributed by atoms with van der Waals surface area (Å²) in [4.78, 5) is 19.9. The van der Waals surface area contributed by atoms with E-state index in [-0.39, 0.29) is 5.91 Å². The van der Waals surface area contributed by atoms with Crippen LogP contribution in [0.5, 0.6) is 0 Å². The lowest BCUT2D eigenvalue weighted by atomic mass is 10.3. The number of carbonyl (C=O) groups is 1. The second-order valence-corrected chi connectivity index (χ2v) is 4.31. The van der Waals surface area contributed by atoms with Crippen molar-refractivity contribution in [2.75, 3.05) is 5.32 Å². The first-order valence-corrected chi connectivity index (χ1v) is 6.24. The summed E-state index contributed by atoms with van der Waals surface area (Å²) in [7, 11) is 0. The highest BCUT2D eigenvalue weighted by Crippen LogP contribution is 2.20. The second-order valence-electron chi connectivity index (χ2n) is 4.31. The Kier molecular flexibility index (Phi) is 3.89. The number of hydrogen-bond donors (Lipinski definition) is 1. The summed E-state index contributed by atoms with van der Waals surface area (Å²) in [6.07, 6.45) is 5.47. The van der Waals surface area contributed by atoms with Crippen molar-refractivity contribution in [3.63, 3.8) is 0 Å². The molecular weight excluding hydrogens is 242 g/mol. The molecule has 2 aromatic heterocycles. The Hall–Kier alpha value is -2.24. The van der Waals surface area contributed by atoms with Gasteiger partial charge >= 0.3 is 0 Å². The maximum atomic E-state index is 12.0. The van der Waals surface area contributed by atoms with Gasteiger partial charge in [0, 0.05) is 18.9 Å². The van der Waals surface area contributed by atoms with Gasteiger partial charge in [-0.25, -0.2) is 4.98 Å². The first kappa shape index (κ1) is 13.2. The standard InChI is InChI=1S/C13H17N5O/c1-4-7-18-10(3)12(9(2)17-18)16-13(19)11-8-14-5-6-15-11/h5-6,8H,4,7H2,1-3H3,(H,16,19). The molecule has 0 radical (unpaired) electrons. The van der Waals surface area contributed by atoms with Crippen molar-refractivity contribution in [2.45, 2.75) is 33.7 Å². The smallest absolute Gasteiger partial charge is 0.275 e. The zero-order valence-electron chi connectivity index (χ0n) is 11.3. The summed E-state index contributed by atoms with van der Waals surface area (Å²) in [5.74, 6) is -0.268. The SMILES string of the molecule is CCCn1nc(C)c(NC(=O)c2cnccn2)c1C. The highest BCUT2D eigenvalue weighted by atomic mass is 16.1. The number of nitrogens with zero attached hydrogens (tertiary/aromatic N) is 4. The molecule has 0 aromatic carbocycles. The van der Waals surface area contributed by atoms with E-state index in [1.165, 1.54) is 18.6 Å². The average molecular weight is 259 g/mol. The third kappa shape index (κ3) is 2.78. The van der Waals surface area contributed by atoms with Gasteiger partial charge in [0.15, 0.2) is 0 Å². The molecule has 0 spiro atoms. The molecule has 0 bridgehead atoms. The Labute approximate surface area is 111 Å². The van der Waals surface area contributed by atoms with Crippen molar-refractivity contribution >= 4 is 11.6 Å². The minimum absolute atomic E-state index is 0.268. The van der Waals surface area contributed by atoms with Gasteiger partial charge in [0.2, 0.25) is 0 Å². The monoisotopic (exact) mass is 259 g/mol. The minimum atomic E-state index is -0.268. The Bertz CT molecular complexity index is 576. The number of carbonyl (C=O) groups excluding carboxylic acids is 1.